The van der Waals surface area contributed by atoms with Gasteiger partial charge in [0, 0.05) is 19.5 Å². The van der Waals surface area contributed by atoms with Gasteiger partial charge in [0.05, 0.1) is 13.5 Å². The van der Waals surface area contributed by atoms with Gasteiger partial charge in [0.15, 0.2) is 0 Å². The summed E-state index contributed by atoms with van der Waals surface area (Å²) in [6.07, 6.45) is 3.10. The van der Waals surface area contributed by atoms with E-state index in [-0.39, 0.29) is 18.2 Å². The monoisotopic (exact) mass is 319 g/mol. The molecule has 23 heavy (non-hydrogen) atoms. The van der Waals surface area contributed by atoms with Crippen LogP contribution >= 0.6 is 0 Å². The first kappa shape index (κ1) is 17.3. The summed E-state index contributed by atoms with van der Waals surface area (Å²) >= 11 is 0. The molecule has 1 aromatic carbocycles. The van der Waals surface area contributed by atoms with E-state index in [2.05, 4.69) is 0 Å². The minimum absolute atomic E-state index is 0.104. The maximum absolute atomic E-state index is 12.5. The fourth-order valence-electron chi connectivity index (χ4n) is 3.13. The molecule has 0 aromatic heterocycles. The number of methoxy groups -OCH3 is 1. The molecule has 1 heterocycles. The summed E-state index contributed by atoms with van der Waals surface area (Å²) in [5.41, 5.74) is 2.00. The molecule has 5 nitrogen and oxygen atoms in total. The number of carbonyl (C=O) groups is 2. The third-order valence-corrected chi connectivity index (χ3v) is 4.49. The molecule has 1 saturated heterocycles. The Morgan fingerprint density at radius 2 is 2.09 bits per heavy atom. The molecular formula is C18H25NO4. The highest BCUT2D eigenvalue weighted by molar-refractivity contribution is 5.79. The highest BCUT2D eigenvalue weighted by Crippen LogP contribution is 2.22. The Kier molecular flexibility index (Phi) is 6.02. The number of carbonyl (C=O) groups excluding carboxylic acids is 1. The molecule has 1 aromatic rings. The molecule has 0 spiro atoms. The summed E-state index contributed by atoms with van der Waals surface area (Å²) in [5, 5.41) is 8.91. The van der Waals surface area contributed by atoms with Crippen LogP contribution in [0.3, 0.4) is 0 Å². The van der Waals surface area contributed by atoms with E-state index in [9.17, 15) is 9.59 Å². The molecule has 126 valence electrons. The van der Waals surface area contributed by atoms with Crippen molar-refractivity contribution in [3.05, 3.63) is 29.3 Å². The van der Waals surface area contributed by atoms with Crippen LogP contribution < -0.4 is 4.74 Å². The predicted octanol–water partition coefficient (Wildman–Crippen LogP) is 2.65. The summed E-state index contributed by atoms with van der Waals surface area (Å²) in [5.74, 6) is 0.339. The quantitative estimate of drug-likeness (QED) is 0.906. The molecule has 1 N–H and O–H groups in total. The van der Waals surface area contributed by atoms with Crippen molar-refractivity contribution in [1.29, 1.82) is 0 Å². The van der Waals surface area contributed by atoms with Crippen molar-refractivity contribution >= 4 is 11.9 Å². The van der Waals surface area contributed by atoms with E-state index >= 15 is 0 Å². The van der Waals surface area contributed by atoms with Gasteiger partial charge in [-0.3, -0.25) is 9.59 Å². The number of carboxylic acid groups (broad SMARTS) is 1. The van der Waals surface area contributed by atoms with E-state index in [0.29, 0.717) is 13.0 Å². The van der Waals surface area contributed by atoms with Gasteiger partial charge < -0.3 is 14.7 Å². The maximum Gasteiger partial charge on any atom is 0.303 e. The average Bonchev–Trinajstić information content (AvgIpc) is 2.74. The maximum atomic E-state index is 12.5. The molecular weight excluding hydrogens is 294 g/mol. The van der Waals surface area contributed by atoms with Crippen molar-refractivity contribution in [2.75, 3.05) is 20.2 Å². The first-order valence-electron chi connectivity index (χ1n) is 8.12. The van der Waals surface area contributed by atoms with E-state index in [1.165, 1.54) is 0 Å². The summed E-state index contributed by atoms with van der Waals surface area (Å²) in [4.78, 5) is 25.2. The lowest BCUT2D eigenvalue weighted by Gasteiger charge is -2.21. The normalized spacial score (nSPS) is 18.3. The van der Waals surface area contributed by atoms with Gasteiger partial charge in [-0.1, -0.05) is 12.1 Å². The first-order valence-corrected chi connectivity index (χ1v) is 8.12. The number of benzene rings is 1. The van der Waals surface area contributed by atoms with E-state index in [1.54, 1.807) is 7.11 Å². The van der Waals surface area contributed by atoms with E-state index in [0.717, 1.165) is 42.7 Å². The van der Waals surface area contributed by atoms with Crippen LogP contribution in [0.2, 0.25) is 0 Å². The van der Waals surface area contributed by atoms with Gasteiger partial charge in [-0.2, -0.15) is 0 Å². The molecule has 2 rings (SSSR count). The standard InChI is InChI=1S/C18H25NO4/c1-13-5-6-15(10-16(13)23-2)11-17(20)19-8-3-4-14(7-9-19)12-18(21)22/h5-6,10,14H,3-4,7-9,11-12H2,1-2H3,(H,21,22)/t14-/m1/s1. The first-order chi connectivity index (χ1) is 11.0. The molecule has 1 amide bonds. The van der Waals surface area contributed by atoms with Crippen molar-refractivity contribution in [1.82, 2.24) is 4.90 Å². The molecule has 1 aliphatic heterocycles. The van der Waals surface area contributed by atoms with Gasteiger partial charge in [0.2, 0.25) is 5.91 Å². The van der Waals surface area contributed by atoms with Crippen LogP contribution in [-0.4, -0.2) is 42.1 Å². The largest absolute Gasteiger partial charge is 0.496 e. The summed E-state index contributed by atoms with van der Waals surface area (Å²) in [7, 11) is 1.63. The second-order valence-corrected chi connectivity index (χ2v) is 6.26. The number of aliphatic carboxylic acids is 1. The zero-order valence-corrected chi connectivity index (χ0v) is 13.9. The van der Waals surface area contributed by atoms with Gasteiger partial charge in [-0.25, -0.2) is 0 Å². The Morgan fingerprint density at radius 1 is 1.30 bits per heavy atom. The number of carboxylic acids is 1. The third kappa shape index (κ3) is 4.98. The summed E-state index contributed by atoms with van der Waals surface area (Å²) < 4.78 is 5.30. The minimum Gasteiger partial charge on any atom is -0.496 e. The second kappa shape index (κ2) is 7.99. The van der Waals surface area contributed by atoms with Gasteiger partial charge in [0.1, 0.15) is 5.75 Å². The zero-order chi connectivity index (χ0) is 16.8. The molecule has 1 atom stereocenters. The number of hydrogen-bond acceptors (Lipinski definition) is 3. The predicted molar refractivity (Wildman–Crippen MR) is 87.6 cm³/mol. The van der Waals surface area contributed by atoms with Gasteiger partial charge in [-0.05, 0) is 49.3 Å². The molecule has 1 aliphatic rings. The number of aryl methyl sites for hydroxylation is 1. The van der Waals surface area contributed by atoms with Crippen LogP contribution in [0.4, 0.5) is 0 Å². The Hall–Kier alpha value is -2.04. The molecule has 0 aliphatic carbocycles. The van der Waals surface area contributed by atoms with Crippen LogP contribution in [0.25, 0.3) is 0 Å². The lowest BCUT2D eigenvalue weighted by Crippen LogP contribution is -2.33. The topological polar surface area (TPSA) is 66.8 Å². The van der Waals surface area contributed by atoms with E-state index in [1.807, 2.05) is 30.0 Å². The second-order valence-electron chi connectivity index (χ2n) is 6.26. The summed E-state index contributed by atoms with van der Waals surface area (Å²) in [6, 6.07) is 5.84. The third-order valence-electron chi connectivity index (χ3n) is 4.49. The molecule has 0 unspecified atom stereocenters. The Balaban J connectivity index is 1.94. The lowest BCUT2D eigenvalue weighted by atomic mass is 9.97. The number of likely N-dealkylation sites (tertiary alicyclic amines) is 1. The van der Waals surface area contributed by atoms with Crippen LogP contribution in [0, 0.1) is 12.8 Å². The summed E-state index contributed by atoms with van der Waals surface area (Å²) in [6.45, 7) is 3.35. The SMILES string of the molecule is COc1cc(CC(=O)N2CCC[C@@H](CC(=O)O)CC2)ccc1C. The molecule has 0 radical (unpaired) electrons. The Labute approximate surface area is 137 Å². The number of ether oxygens (including phenoxy) is 1. The highest BCUT2D eigenvalue weighted by Gasteiger charge is 2.22. The Bertz CT molecular complexity index is 570. The highest BCUT2D eigenvalue weighted by atomic mass is 16.5. The van der Waals surface area contributed by atoms with Gasteiger partial charge in [0.25, 0.3) is 0 Å². The van der Waals surface area contributed by atoms with Gasteiger partial charge in [-0.15, -0.1) is 0 Å². The van der Waals surface area contributed by atoms with Crippen LogP contribution in [0.1, 0.15) is 36.8 Å². The van der Waals surface area contributed by atoms with Crippen molar-refractivity contribution in [2.45, 2.75) is 39.0 Å². The van der Waals surface area contributed by atoms with E-state index < -0.39 is 5.97 Å². The minimum atomic E-state index is -0.749. The van der Waals surface area contributed by atoms with Crippen molar-refractivity contribution in [3.63, 3.8) is 0 Å². The van der Waals surface area contributed by atoms with Crippen LogP contribution in [-0.2, 0) is 16.0 Å². The molecule has 0 bridgehead atoms. The van der Waals surface area contributed by atoms with Crippen molar-refractivity contribution in [3.8, 4) is 5.75 Å². The fourth-order valence-corrected chi connectivity index (χ4v) is 3.13. The number of hydrogen-bond donors (Lipinski definition) is 1. The Morgan fingerprint density at radius 3 is 2.78 bits per heavy atom. The average molecular weight is 319 g/mol. The zero-order valence-electron chi connectivity index (χ0n) is 13.9. The van der Waals surface area contributed by atoms with Crippen LogP contribution in [0.5, 0.6) is 5.75 Å². The number of amides is 1. The van der Waals surface area contributed by atoms with Crippen molar-refractivity contribution in [2.24, 2.45) is 5.92 Å². The molecule has 5 heteroatoms. The lowest BCUT2D eigenvalue weighted by molar-refractivity contribution is -0.138. The molecule has 1 fully saturated rings. The fraction of sp³-hybridized carbons (Fsp3) is 0.556. The number of rotatable bonds is 5. The molecule has 0 saturated carbocycles. The van der Waals surface area contributed by atoms with Crippen LogP contribution in [0.15, 0.2) is 18.2 Å². The van der Waals surface area contributed by atoms with E-state index in [4.69, 9.17) is 9.84 Å². The van der Waals surface area contributed by atoms with Crippen molar-refractivity contribution < 1.29 is 19.4 Å². The smallest absolute Gasteiger partial charge is 0.303 e. The number of nitrogens with zero attached hydrogens (tertiary/aromatic N) is 1. The van der Waals surface area contributed by atoms with Gasteiger partial charge >= 0.3 is 5.97 Å².